The molecule has 0 aliphatic carbocycles. The van der Waals surface area contributed by atoms with E-state index in [0.29, 0.717) is 0 Å². The highest BCUT2D eigenvalue weighted by atomic mass is 16.7. The summed E-state index contributed by atoms with van der Waals surface area (Å²) in [5.41, 5.74) is 0.229. The fraction of sp³-hybridized carbons (Fsp3) is 0.786. The SMILES string of the molecule is CN(C)CCCn1ccc(B2OC(C)(C)C(C)(C)O2)n1. The molecule has 0 atom stereocenters. The van der Waals surface area contributed by atoms with Crippen LogP contribution in [0.15, 0.2) is 12.3 Å². The predicted molar refractivity (Wildman–Crippen MR) is 81.1 cm³/mol. The summed E-state index contributed by atoms with van der Waals surface area (Å²) in [6.07, 6.45) is 3.08. The van der Waals surface area contributed by atoms with Crippen molar-refractivity contribution in [1.29, 1.82) is 0 Å². The largest absolute Gasteiger partial charge is 0.516 e. The highest BCUT2D eigenvalue weighted by molar-refractivity contribution is 6.61. The predicted octanol–water partition coefficient (Wildman–Crippen LogP) is 1.13. The van der Waals surface area contributed by atoms with E-state index in [0.717, 1.165) is 25.1 Å². The summed E-state index contributed by atoms with van der Waals surface area (Å²) in [7, 11) is 3.80. The number of rotatable bonds is 5. The summed E-state index contributed by atoms with van der Waals surface area (Å²) in [6.45, 7) is 10.2. The second-order valence-corrected chi connectivity index (χ2v) is 6.75. The quantitative estimate of drug-likeness (QED) is 0.758. The van der Waals surface area contributed by atoms with E-state index in [4.69, 9.17) is 9.31 Å². The molecule has 6 heteroatoms. The first-order valence-electron chi connectivity index (χ1n) is 7.25. The summed E-state index contributed by atoms with van der Waals surface area (Å²) in [5.74, 6) is 0. The molecule has 0 aromatic carbocycles. The van der Waals surface area contributed by atoms with Gasteiger partial charge in [-0.1, -0.05) is 0 Å². The van der Waals surface area contributed by atoms with Gasteiger partial charge in [-0.25, -0.2) is 0 Å². The minimum absolute atomic E-state index is 0.313. The van der Waals surface area contributed by atoms with Crippen molar-refractivity contribution in [2.24, 2.45) is 0 Å². The maximum absolute atomic E-state index is 6.00. The summed E-state index contributed by atoms with van der Waals surface area (Å²) in [6, 6.07) is 1.98. The molecule has 2 heterocycles. The summed E-state index contributed by atoms with van der Waals surface area (Å²) in [5, 5.41) is 4.57. The van der Waals surface area contributed by atoms with Crippen LogP contribution in [-0.4, -0.2) is 53.6 Å². The van der Waals surface area contributed by atoms with E-state index in [-0.39, 0.29) is 18.3 Å². The van der Waals surface area contributed by atoms with E-state index >= 15 is 0 Å². The Balaban J connectivity index is 1.97. The highest BCUT2D eigenvalue weighted by Crippen LogP contribution is 2.36. The molecule has 20 heavy (non-hydrogen) atoms. The lowest BCUT2D eigenvalue weighted by Crippen LogP contribution is -2.41. The fourth-order valence-electron chi connectivity index (χ4n) is 2.14. The number of aromatic nitrogens is 2. The molecule has 1 fully saturated rings. The van der Waals surface area contributed by atoms with Crippen molar-refractivity contribution in [2.75, 3.05) is 20.6 Å². The molecule has 1 saturated heterocycles. The molecule has 112 valence electrons. The zero-order chi connectivity index (χ0) is 15.0. The first kappa shape index (κ1) is 15.5. The molecule has 0 radical (unpaired) electrons. The third-order valence-electron chi connectivity index (χ3n) is 4.15. The van der Waals surface area contributed by atoms with Gasteiger partial charge in [0, 0.05) is 12.7 Å². The molecule has 1 aromatic rings. The minimum atomic E-state index is -0.366. The second-order valence-electron chi connectivity index (χ2n) is 6.75. The zero-order valence-electron chi connectivity index (χ0n) is 13.5. The van der Waals surface area contributed by atoms with Gasteiger partial charge in [-0.15, -0.1) is 0 Å². The monoisotopic (exact) mass is 279 g/mol. The maximum Gasteiger partial charge on any atom is 0.516 e. The topological polar surface area (TPSA) is 39.5 Å². The van der Waals surface area contributed by atoms with E-state index in [1.807, 2.05) is 16.9 Å². The van der Waals surface area contributed by atoms with Crippen molar-refractivity contribution in [3.8, 4) is 0 Å². The molecule has 2 rings (SSSR count). The number of nitrogens with zero attached hydrogens (tertiary/aromatic N) is 3. The maximum atomic E-state index is 6.00. The fourth-order valence-corrected chi connectivity index (χ4v) is 2.14. The van der Waals surface area contributed by atoms with Gasteiger partial charge in [-0.2, -0.15) is 5.10 Å². The van der Waals surface area contributed by atoms with Crippen molar-refractivity contribution < 1.29 is 9.31 Å². The van der Waals surface area contributed by atoms with Crippen LogP contribution in [-0.2, 0) is 15.9 Å². The van der Waals surface area contributed by atoms with Crippen LogP contribution in [0, 0.1) is 0 Å². The molecule has 5 nitrogen and oxygen atoms in total. The molecule has 1 aromatic heterocycles. The lowest BCUT2D eigenvalue weighted by atomic mass is 9.85. The van der Waals surface area contributed by atoms with Crippen molar-refractivity contribution in [3.63, 3.8) is 0 Å². The van der Waals surface area contributed by atoms with Crippen LogP contribution in [0.2, 0.25) is 0 Å². The van der Waals surface area contributed by atoms with Crippen LogP contribution >= 0.6 is 0 Å². The smallest absolute Gasteiger partial charge is 0.398 e. The van der Waals surface area contributed by atoms with Crippen molar-refractivity contribution >= 4 is 12.7 Å². The van der Waals surface area contributed by atoms with Crippen LogP contribution < -0.4 is 5.59 Å². The Morgan fingerprint density at radius 3 is 2.35 bits per heavy atom. The lowest BCUT2D eigenvalue weighted by molar-refractivity contribution is 0.00578. The molecule has 1 aliphatic rings. The standard InChI is InChI=1S/C14H26BN3O2/c1-13(2)14(3,4)20-15(19-13)12-8-11-18(16-12)10-7-9-17(5)6/h8,11H,7,9-10H2,1-6H3. The van der Waals surface area contributed by atoms with Crippen molar-refractivity contribution in [3.05, 3.63) is 12.3 Å². The molecule has 0 N–H and O–H groups in total. The van der Waals surface area contributed by atoms with Gasteiger partial charge in [-0.05, 0) is 60.8 Å². The van der Waals surface area contributed by atoms with Crippen LogP contribution in [0.5, 0.6) is 0 Å². The number of hydrogen-bond acceptors (Lipinski definition) is 4. The average molecular weight is 279 g/mol. The lowest BCUT2D eigenvalue weighted by Gasteiger charge is -2.32. The first-order valence-corrected chi connectivity index (χ1v) is 7.25. The third kappa shape index (κ3) is 3.24. The normalized spacial score (nSPS) is 20.9. The zero-order valence-corrected chi connectivity index (χ0v) is 13.5. The highest BCUT2D eigenvalue weighted by Gasteiger charge is 2.52. The van der Waals surface area contributed by atoms with Gasteiger partial charge in [0.25, 0.3) is 0 Å². The van der Waals surface area contributed by atoms with E-state index in [2.05, 4.69) is 51.8 Å². The van der Waals surface area contributed by atoms with Gasteiger partial charge in [0.15, 0.2) is 0 Å². The first-order chi connectivity index (χ1) is 9.21. The van der Waals surface area contributed by atoms with Crippen LogP contribution in [0.1, 0.15) is 34.1 Å². The van der Waals surface area contributed by atoms with E-state index in [1.54, 1.807) is 0 Å². The number of hydrogen-bond donors (Lipinski definition) is 0. The van der Waals surface area contributed by atoms with Gasteiger partial charge >= 0.3 is 7.12 Å². The van der Waals surface area contributed by atoms with Gasteiger partial charge in [0.1, 0.15) is 0 Å². The summed E-state index contributed by atoms with van der Waals surface area (Å²) < 4.78 is 14.0. The Labute approximate surface area is 122 Å². The Morgan fingerprint density at radius 2 is 1.80 bits per heavy atom. The van der Waals surface area contributed by atoms with Gasteiger partial charge in [0.05, 0.1) is 16.8 Å². The van der Waals surface area contributed by atoms with Gasteiger partial charge in [-0.3, -0.25) is 4.68 Å². The Kier molecular flexibility index (Phi) is 4.28. The van der Waals surface area contributed by atoms with Crippen molar-refractivity contribution in [1.82, 2.24) is 14.7 Å². The average Bonchev–Trinajstić information content (AvgIpc) is 2.82. The van der Waals surface area contributed by atoms with Crippen molar-refractivity contribution in [2.45, 2.75) is 51.9 Å². The molecule has 0 bridgehead atoms. The van der Waals surface area contributed by atoms with Crippen LogP contribution in [0.4, 0.5) is 0 Å². The van der Waals surface area contributed by atoms with E-state index in [9.17, 15) is 0 Å². The molecule has 0 saturated carbocycles. The Hall–Kier alpha value is -0.845. The molecule has 0 amide bonds. The Bertz CT molecular complexity index is 441. The second kappa shape index (κ2) is 5.50. The van der Waals surface area contributed by atoms with Gasteiger partial charge < -0.3 is 14.2 Å². The molecular weight excluding hydrogens is 253 g/mol. The van der Waals surface area contributed by atoms with Crippen LogP contribution in [0.25, 0.3) is 0 Å². The molecular formula is C14H26BN3O2. The van der Waals surface area contributed by atoms with E-state index < -0.39 is 0 Å². The Morgan fingerprint density at radius 1 is 1.20 bits per heavy atom. The summed E-state index contributed by atoms with van der Waals surface area (Å²) >= 11 is 0. The molecule has 1 aliphatic heterocycles. The van der Waals surface area contributed by atoms with Gasteiger partial charge in [0.2, 0.25) is 0 Å². The molecule has 0 unspecified atom stereocenters. The third-order valence-corrected chi connectivity index (χ3v) is 4.15. The van der Waals surface area contributed by atoms with Crippen LogP contribution in [0.3, 0.4) is 0 Å². The summed E-state index contributed by atoms with van der Waals surface area (Å²) in [4.78, 5) is 2.18. The van der Waals surface area contributed by atoms with E-state index in [1.165, 1.54) is 0 Å². The molecule has 0 spiro atoms. The minimum Gasteiger partial charge on any atom is -0.398 e. The number of aryl methyl sites for hydroxylation is 1.